The summed E-state index contributed by atoms with van der Waals surface area (Å²) in [6, 6.07) is 2.98. The van der Waals surface area contributed by atoms with Crippen LogP contribution in [-0.4, -0.2) is 18.3 Å². The van der Waals surface area contributed by atoms with E-state index >= 15 is 0 Å². The third-order valence-corrected chi connectivity index (χ3v) is 2.78. The molecule has 1 aromatic rings. The lowest BCUT2D eigenvalue weighted by molar-refractivity contribution is -0.140. The number of hydrogen-bond acceptors (Lipinski definition) is 2. The van der Waals surface area contributed by atoms with Crippen LogP contribution in [-0.2, 0) is 12.7 Å². The molecule has 0 aliphatic rings. The Morgan fingerprint density at radius 1 is 1.32 bits per heavy atom. The van der Waals surface area contributed by atoms with E-state index in [0.717, 1.165) is 12.1 Å². The zero-order valence-corrected chi connectivity index (χ0v) is 10.6. The average molecular weight is 279 g/mol. The Hall–Kier alpha value is -1.14. The van der Waals surface area contributed by atoms with Gasteiger partial charge in [0, 0.05) is 13.2 Å². The van der Waals surface area contributed by atoms with Gasteiger partial charge in [-0.05, 0) is 36.6 Å². The lowest BCUT2D eigenvalue weighted by Crippen LogP contribution is -2.21. The number of benzene rings is 1. The smallest absolute Gasteiger partial charge is 0.396 e. The molecule has 0 fully saturated rings. The summed E-state index contributed by atoms with van der Waals surface area (Å²) in [6.07, 6.45) is -4.05. The summed E-state index contributed by atoms with van der Waals surface area (Å²) in [5, 5.41) is 11.7. The standard InChI is InChI=1S/C13H17F4NO/c1-9(4-5-19)7-18-8-10-2-3-12(14)11(6-10)13(15,16)17/h2-3,6,9,18-19H,4-5,7-8H2,1H3. The van der Waals surface area contributed by atoms with E-state index in [0.29, 0.717) is 18.5 Å². The maximum atomic E-state index is 13.0. The zero-order chi connectivity index (χ0) is 14.5. The van der Waals surface area contributed by atoms with E-state index in [1.165, 1.54) is 6.07 Å². The quantitative estimate of drug-likeness (QED) is 0.785. The fourth-order valence-corrected chi connectivity index (χ4v) is 1.68. The van der Waals surface area contributed by atoms with Crippen LogP contribution < -0.4 is 5.32 Å². The molecule has 1 atom stereocenters. The van der Waals surface area contributed by atoms with Crippen molar-refractivity contribution in [3.63, 3.8) is 0 Å². The first-order chi connectivity index (χ1) is 8.84. The van der Waals surface area contributed by atoms with E-state index in [9.17, 15) is 17.6 Å². The van der Waals surface area contributed by atoms with Gasteiger partial charge < -0.3 is 10.4 Å². The molecule has 1 aromatic carbocycles. The Morgan fingerprint density at radius 2 is 2.00 bits per heavy atom. The van der Waals surface area contributed by atoms with Gasteiger partial charge in [0.05, 0.1) is 5.56 Å². The summed E-state index contributed by atoms with van der Waals surface area (Å²) in [5.41, 5.74) is -0.861. The predicted octanol–water partition coefficient (Wildman–Crippen LogP) is 2.95. The fourth-order valence-electron chi connectivity index (χ4n) is 1.68. The van der Waals surface area contributed by atoms with Crippen LogP contribution in [0.1, 0.15) is 24.5 Å². The maximum absolute atomic E-state index is 13.0. The van der Waals surface area contributed by atoms with Crippen molar-refractivity contribution in [1.82, 2.24) is 5.32 Å². The number of nitrogens with one attached hydrogen (secondary N) is 1. The molecule has 19 heavy (non-hydrogen) atoms. The third kappa shape index (κ3) is 5.16. The van der Waals surface area contributed by atoms with Crippen LogP contribution in [0.5, 0.6) is 0 Å². The summed E-state index contributed by atoms with van der Waals surface area (Å²) >= 11 is 0. The van der Waals surface area contributed by atoms with E-state index < -0.39 is 17.6 Å². The first kappa shape index (κ1) is 15.9. The Morgan fingerprint density at radius 3 is 2.58 bits per heavy atom. The molecule has 0 spiro atoms. The van der Waals surface area contributed by atoms with Gasteiger partial charge in [0.1, 0.15) is 5.82 Å². The van der Waals surface area contributed by atoms with E-state index in [-0.39, 0.29) is 19.1 Å². The first-order valence-corrected chi connectivity index (χ1v) is 6.01. The van der Waals surface area contributed by atoms with Gasteiger partial charge in [0.15, 0.2) is 0 Å². The summed E-state index contributed by atoms with van der Waals surface area (Å²) in [7, 11) is 0. The number of aliphatic hydroxyl groups excluding tert-OH is 1. The van der Waals surface area contributed by atoms with Crippen LogP contribution >= 0.6 is 0 Å². The maximum Gasteiger partial charge on any atom is 0.419 e. The molecule has 6 heteroatoms. The second-order valence-electron chi connectivity index (χ2n) is 4.56. The van der Waals surface area contributed by atoms with E-state index in [1.54, 1.807) is 0 Å². The van der Waals surface area contributed by atoms with Crippen molar-refractivity contribution in [1.29, 1.82) is 0 Å². The van der Waals surface area contributed by atoms with Crippen LogP contribution in [0.15, 0.2) is 18.2 Å². The second kappa shape index (κ2) is 6.86. The highest BCUT2D eigenvalue weighted by Gasteiger charge is 2.34. The third-order valence-electron chi connectivity index (χ3n) is 2.78. The number of rotatable bonds is 6. The number of alkyl halides is 3. The molecule has 108 valence electrons. The SMILES string of the molecule is CC(CCO)CNCc1ccc(F)c(C(F)(F)F)c1. The number of hydrogen-bond donors (Lipinski definition) is 2. The van der Waals surface area contributed by atoms with Crippen molar-refractivity contribution >= 4 is 0 Å². The van der Waals surface area contributed by atoms with Crippen LogP contribution in [0.25, 0.3) is 0 Å². The second-order valence-corrected chi connectivity index (χ2v) is 4.56. The van der Waals surface area contributed by atoms with Crippen molar-refractivity contribution in [3.05, 3.63) is 35.1 Å². The monoisotopic (exact) mass is 279 g/mol. The Balaban J connectivity index is 2.60. The molecule has 0 heterocycles. The zero-order valence-electron chi connectivity index (χ0n) is 10.6. The molecule has 1 unspecified atom stereocenters. The van der Waals surface area contributed by atoms with Gasteiger partial charge in [-0.2, -0.15) is 13.2 Å². The molecular weight excluding hydrogens is 262 g/mol. The van der Waals surface area contributed by atoms with E-state index in [4.69, 9.17) is 5.11 Å². The molecule has 0 aliphatic heterocycles. The average Bonchev–Trinajstić information content (AvgIpc) is 2.30. The Bertz CT molecular complexity index is 406. The molecule has 0 amide bonds. The van der Waals surface area contributed by atoms with Gasteiger partial charge in [0.25, 0.3) is 0 Å². The molecule has 0 saturated carbocycles. The molecule has 0 radical (unpaired) electrons. The van der Waals surface area contributed by atoms with E-state index in [1.807, 2.05) is 6.92 Å². The molecule has 0 saturated heterocycles. The highest BCUT2D eigenvalue weighted by molar-refractivity contribution is 5.27. The summed E-state index contributed by atoms with van der Waals surface area (Å²) in [4.78, 5) is 0. The lowest BCUT2D eigenvalue weighted by atomic mass is 10.1. The fraction of sp³-hybridized carbons (Fsp3) is 0.538. The summed E-state index contributed by atoms with van der Waals surface area (Å²) < 4.78 is 50.5. The van der Waals surface area contributed by atoms with Crippen molar-refractivity contribution in [3.8, 4) is 0 Å². The van der Waals surface area contributed by atoms with Crippen molar-refractivity contribution < 1.29 is 22.7 Å². The van der Waals surface area contributed by atoms with E-state index in [2.05, 4.69) is 5.32 Å². The van der Waals surface area contributed by atoms with Gasteiger partial charge in [0.2, 0.25) is 0 Å². The lowest BCUT2D eigenvalue weighted by Gasteiger charge is -2.13. The Kier molecular flexibility index (Phi) is 5.75. The van der Waals surface area contributed by atoms with Crippen LogP contribution in [0.4, 0.5) is 17.6 Å². The van der Waals surface area contributed by atoms with Gasteiger partial charge in [-0.3, -0.25) is 0 Å². The first-order valence-electron chi connectivity index (χ1n) is 6.01. The molecule has 2 nitrogen and oxygen atoms in total. The van der Waals surface area contributed by atoms with Crippen LogP contribution in [0.2, 0.25) is 0 Å². The minimum atomic E-state index is -4.68. The molecular formula is C13H17F4NO. The normalized spacial score (nSPS) is 13.6. The topological polar surface area (TPSA) is 32.3 Å². The van der Waals surface area contributed by atoms with Gasteiger partial charge in [-0.15, -0.1) is 0 Å². The largest absolute Gasteiger partial charge is 0.419 e. The highest BCUT2D eigenvalue weighted by Crippen LogP contribution is 2.31. The van der Waals surface area contributed by atoms with Crippen molar-refractivity contribution in [2.45, 2.75) is 26.1 Å². The van der Waals surface area contributed by atoms with Crippen molar-refractivity contribution in [2.75, 3.05) is 13.2 Å². The van der Waals surface area contributed by atoms with Gasteiger partial charge in [-0.25, -0.2) is 4.39 Å². The summed E-state index contributed by atoms with van der Waals surface area (Å²) in [6.45, 7) is 2.82. The number of aliphatic hydroxyl groups is 1. The van der Waals surface area contributed by atoms with Gasteiger partial charge >= 0.3 is 6.18 Å². The molecule has 1 rings (SSSR count). The Labute approximate surface area is 109 Å². The molecule has 0 bridgehead atoms. The minimum Gasteiger partial charge on any atom is -0.396 e. The molecule has 2 N–H and O–H groups in total. The molecule has 0 aromatic heterocycles. The summed E-state index contributed by atoms with van der Waals surface area (Å²) in [5.74, 6) is -1.03. The minimum absolute atomic E-state index is 0.0810. The van der Waals surface area contributed by atoms with Crippen molar-refractivity contribution in [2.24, 2.45) is 5.92 Å². The predicted molar refractivity (Wildman–Crippen MR) is 64.0 cm³/mol. The molecule has 0 aliphatic carbocycles. The van der Waals surface area contributed by atoms with Crippen LogP contribution in [0.3, 0.4) is 0 Å². The van der Waals surface area contributed by atoms with Crippen LogP contribution in [0, 0.1) is 11.7 Å². The number of halogens is 4. The van der Waals surface area contributed by atoms with Gasteiger partial charge in [-0.1, -0.05) is 13.0 Å². The highest BCUT2D eigenvalue weighted by atomic mass is 19.4.